The molecule has 1 unspecified atom stereocenters. The number of carbonyl (C=O) groups is 1. The van der Waals surface area contributed by atoms with Gasteiger partial charge in [0.2, 0.25) is 5.78 Å². The molecule has 0 aliphatic carbocycles. The fourth-order valence-corrected chi connectivity index (χ4v) is 1.90. The van der Waals surface area contributed by atoms with Crippen molar-refractivity contribution in [3.63, 3.8) is 0 Å². The van der Waals surface area contributed by atoms with Crippen LogP contribution in [0.4, 0.5) is 9.39 Å². The van der Waals surface area contributed by atoms with Gasteiger partial charge in [-0.15, -0.1) is 0 Å². The molecule has 1 atom stereocenters. The van der Waals surface area contributed by atoms with Crippen molar-refractivity contribution in [1.82, 2.24) is 0 Å². The zero-order chi connectivity index (χ0) is 9.84. The smallest absolute Gasteiger partial charge is 0.200 e. The molecule has 1 aromatic rings. The number of quaternary nitrogens is 1. The second kappa shape index (κ2) is 4.45. The van der Waals surface area contributed by atoms with Gasteiger partial charge < -0.3 is 10.3 Å². The largest absolute Gasteiger partial charge is 0.628 e. The van der Waals surface area contributed by atoms with Crippen molar-refractivity contribution >= 4 is 22.1 Å². The van der Waals surface area contributed by atoms with Crippen LogP contribution in [0.1, 0.15) is 17.3 Å². The summed E-state index contributed by atoms with van der Waals surface area (Å²) in [5.74, 6) is -0.613. The maximum absolute atomic E-state index is 12.0. The first-order chi connectivity index (χ1) is 6.20. The molecule has 0 fully saturated rings. The lowest BCUT2D eigenvalue weighted by Gasteiger charge is -2.18. The number of hydrogen-bond donors (Lipinski definition) is 1. The van der Waals surface area contributed by atoms with Crippen LogP contribution in [0.2, 0.25) is 0 Å². The lowest BCUT2D eigenvalue weighted by Crippen LogP contribution is -3.01. The van der Waals surface area contributed by atoms with E-state index in [9.17, 15) is 14.4 Å². The van der Waals surface area contributed by atoms with Gasteiger partial charge in [0.25, 0.3) is 0 Å². The SMILES string of the molecule is CC[NH+]([O-])c1sccc1C(=O)CF. The number of Topliss-reactive ketones (excluding diaryl/α,β-unsaturated/α-hetero) is 1. The Morgan fingerprint density at radius 2 is 2.46 bits per heavy atom. The molecule has 1 rings (SSSR count). The van der Waals surface area contributed by atoms with Gasteiger partial charge in [-0.1, -0.05) is 11.3 Å². The van der Waals surface area contributed by atoms with Crippen molar-refractivity contribution in [3.8, 4) is 0 Å². The Balaban J connectivity index is 2.95. The quantitative estimate of drug-likeness (QED) is 0.584. The maximum atomic E-state index is 12.0. The Morgan fingerprint density at radius 3 is 3.00 bits per heavy atom. The van der Waals surface area contributed by atoms with Crippen LogP contribution in [0.25, 0.3) is 0 Å². The first kappa shape index (κ1) is 10.3. The van der Waals surface area contributed by atoms with Crippen LogP contribution in [0, 0.1) is 5.21 Å². The summed E-state index contributed by atoms with van der Waals surface area (Å²) in [6, 6.07) is 1.50. The Morgan fingerprint density at radius 1 is 1.77 bits per heavy atom. The number of thiophene rings is 1. The van der Waals surface area contributed by atoms with Crippen molar-refractivity contribution in [2.75, 3.05) is 13.2 Å². The predicted molar refractivity (Wildman–Crippen MR) is 49.2 cm³/mol. The molecule has 3 nitrogen and oxygen atoms in total. The molecule has 0 aliphatic rings. The highest BCUT2D eigenvalue weighted by atomic mass is 32.1. The minimum absolute atomic E-state index is 0.105. The number of ketones is 1. The standard InChI is InChI=1S/C8H10FNO2S/c1-2-10(12)8-6(3-4-13-8)7(11)5-9/h3-4,10H,2,5H2,1H3. The molecule has 5 heteroatoms. The number of hydroxylamine groups is 1. The van der Waals surface area contributed by atoms with Crippen LogP contribution in [0.3, 0.4) is 0 Å². The summed E-state index contributed by atoms with van der Waals surface area (Å²) >= 11 is 1.19. The Hall–Kier alpha value is -0.780. The van der Waals surface area contributed by atoms with Gasteiger partial charge in [0.15, 0.2) is 11.7 Å². The second-order valence-corrected chi connectivity index (χ2v) is 3.41. The van der Waals surface area contributed by atoms with E-state index >= 15 is 0 Å². The van der Waals surface area contributed by atoms with Gasteiger partial charge >= 0.3 is 0 Å². The van der Waals surface area contributed by atoms with Crippen LogP contribution < -0.4 is 5.06 Å². The molecule has 0 amide bonds. The molecule has 0 aromatic carbocycles. The van der Waals surface area contributed by atoms with E-state index in [4.69, 9.17) is 0 Å². The molecule has 72 valence electrons. The van der Waals surface area contributed by atoms with E-state index in [1.54, 1.807) is 12.3 Å². The van der Waals surface area contributed by atoms with E-state index in [-0.39, 0.29) is 10.6 Å². The van der Waals surface area contributed by atoms with Crippen LogP contribution >= 0.6 is 11.3 Å². The Kier molecular flexibility index (Phi) is 3.53. The van der Waals surface area contributed by atoms with E-state index in [0.29, 0.717) is 11.5 Å². The lowest BCUT2D eigenvalue weighted by molar-refractivity contribution is -0.770. The second-order valence-electron chi connectivity index (χ2n) is 2.50. The van der Waals surface area contributed by atoms with E-state index in [2.05, 4.69) is 0 Å². The summed E-state index contributed by atoms with van der Waals surface area (Å²) in [5, 5.41) is 13.2. The molecule has 1 aromatic heterocycles. The molecule has 1 heterocycles. The summed E-state index contributed by atoms with van der Waals surface area (Å²) in [5.41, 5.74) is 0.222. The molecular formula is C8H10FNO2S. The van der Waals surface area contributed by atoms with Gasteiger partial charge in [-0.3, -0.25) is 4.79 Å². The van der Waals surface area contributed by atoms with Crippen molar-refractivity contribution in [2.24, 2.45) is 0 Å². The van der Waals surface area contributed by atoms with E-state index < -0.39 is 12.5 Å². The van der Waals surface area contributed by atoms with Gasteiger partial charge in [-0.25, -0.2) is 4.39 Å². The van der Waals surface area contributed by atoms with Crippen LogP contribution in [0.5, 0.6) is 0 Å². The fraction of sp³-hybridized carbons (Fsp3) is 0.375. The third-order valence-corrected chi connectivity index (χ3v) is 2.62. The molecule has 13 heavy (non-hydrogen) atoms. The molecule has 0 bridgehead atoms. The number of carbonyl (C=O) groups excluding carboxylic acids is 1. The highest BCUT2D eigenvalue weighted by molar-refractivity contribution is 7.13. The number of rotatable bonds is 4. The molecule has 0 saturated heterocycles. The summed E-state index contributed by atoms with van der Waals surface area (Å²) in [4.78, 5) is 11.0. The van der Waals surface area contributed by atoms with Gasteiger partial charge in [0, 0.05) is 0 Å². The number of nitrogens with one attached hydrogen (secondary N) is 1. The van der Waals surface area contributed by atoms with Gasteiger partial charge in [-0.2, -0.15) is 0 Å². The summed E-state index contributed by atoms with van der Waals surface area (Å²) in [6.45, 7) is 1.01. The summed E-state index contributed by atoms with van der Waals surface area (Å²) in [7, 11) is 0. The Bertz CT molecular complexity index is 300. The first-order valence-corrected chi connectivity index (χ1v) is 4.78. The molecular weight excluding hydrogens is 193 g/mol. The highest BCUT2D eigenvalue weighted by Crippen LogP contribution is 2.19. The van der Waals surface area contributed by atoms with Crippen molar-refractivity contribution in [1.29, 1.82) is 0 Å². The van der Waals surface area contributed by atoms with Crippen LogP contribution in [-0.2, 0) is 0 Å². The number of halogens is 1. The van der Waals surface area contributed by atoms with Gasteiger partial charge in [0.05, 0.1) is 12.1 Å². The average molecular weight is 203 g/mol. The summed E-state index contributed by atoms with van der Waals surface area (Å²) in [6.07, 6.45) is 0. The van der Waals surface area contributed by atoms with Gasteiger partial charge in [-0.05, 0) is 18.4 Å². The zero-order valence-electron chi connectivity index (χ0n) is 7.17. The minimum Gasteiger partial charge on any atom is -0.628 e. The maximum Gasteiger partial charge on any atom is 0.200 e. The van der Waals surface area contributed by atoms with E-state index in [0.717, 1.165) is 0 Å². The molecule has 0 radical (unpaired) electrons. The first-order valence-electron chi connectivity index (χ1n) is 3.90. The van der Waals surface area contributed by atoms with E-state index in [1.165, 1.54) is 17.4 Å². The van der Waals surface area contributed by atoms with Crippen LogP contribution in [0.15, 0.2) is 11.4 Å². The van der Waals surface area contributed by atoms with Crippen molar-refractivity contribution in [3.05, 3.63) is 22.2 Å². The summed E-state index contributed by atoms with van der Waals surface area (Å²) < 4.78 is 12.0. The minimum atomic E-state index is -1.04. The Labute approximate surface area is 79.4 Å². The normalized spacial score (nSPS) is 12.8. The third kappa shape index (κ3) is 2.12. The molecule has 0 saturated carbocycles. The predicted octanol–water partition coefficient (Wildman–Crippen LogP) is 0.934. The fourth-order valence-electron chi connectivity index (χ4n) is 0.977. The van der Waals surface area contributed by atoms with Crippen LogP contribution in [-0.4, -0.2) is 19.0 Å². The lowest BCUT2D eigenvalue weighted by atomic mass is 10.2. The topological polar surface area (TPSA) is 44.6 Å². The molecule has 0 spiro atoms. The zero-order valence-corrected chi connectivity index (χ0v) is 7.99. The number of hydrogen-bond acceptors (Lipinski definition) is 3. The monoisotopic (exact) mass is 203 g/mol. The van der Waals surface area contributed by atoms with Crippen molar-refractivity contribution < 1.29 is 14.2 Å². The molecule has 0 aliphatic heterocycles. The number of alkyl halides is 1. The highest BCUT2D eigenvalue weighted by Gasteiger charge is 2.16. The van der Waals surface area contributed by atoms with E-state index in [1.807, 2.05) is 0 Å². The average Bonchev–Trinajstić information content (AvgIpc) is 2.63. The third-order valence-electron chi connectivity index (χ3n) is 1.66. The van der Waals surface area contributed by atoms with Crippen molar-refractivity contribution in [2.45, 2.75) is 6.92 Å². The van der Waals surface area contributed by atoms with Gasteiger partial charge in [0.1, 0.15) is 0 Å². The molecule has 1 N–H and O–H groups in total.